The third-order valence-electron chi connectivity index (χ3n) is 3.28. The number of carbonyl (C=O) groups is 2. The Hall–Kier alpha value is -1.88. The zero-order chi connectivity index (χ0) is 14.5. The highest BCUT2D eigenvalue weighted by atomic mass is 16.3. The Morgan fingerprint density at radius 3 is 2.80 bits per heavy atom. The average molecular weight is 276 g/mol. The SMILES string of the molecule is CC(CCO)NC(=O)c1cccc(NC(=O)C2CC2)c1. The molecule has 108 valence electrons. The molecule has 2 rings (SSSR count). The molecule has 0 saturated heterocycles. The molecule has 2 amide bonds. The summed E-state index contributed by atoms with van der Waals surface area (Å²) in [5.74, 6) is -0.0401. The van der Waals surface area contributed by atoms with E-state index in [-0.39, 0.29) is 30.4 Å². The van der Waals surface area contributed by atoms with Crippen LogP contribution in [0.5, 0.6) is 0 Å². The first-order chi connectivity index (χ1) is 9.60. The third kappa shape index (κ3) is 4.06. The largest absolute Gasteiger partial charge is 0.396 e. The predicted molar refractivity (Wildman–Crippen MR) is 76.4 cm³/mol. The van der Waals surface area contributed by atoms with Crippen molar-refractivity contribution in [1.29, 1.82) is 0 Å². The fraction of sp³-hybridized carbons (Fsp3) is 0.467. The minimum absolute atomic E-state index is 0.0243. The van der Waals surface area contributed by atoms with Gasteiger partial charge in [-0.3, -0.25) is 9.59 Å². The van der Waals surface area contributed by atoms with Crippen molar-refractivity contribution in [3.63, 3.8) is 0 Å². The monoisotopic (exact) mass is 276 g/mol. The summed E-state index contributed by atoms with van der Waals surface area (Å²) in [7, 11) is 0. The second kappa shape index (κ2) is 6.52. The molecule has 1 aromatic carbocycles. The topological polar surface area (TPSA) is 78.4 Å². The summed E-state index contributed by atoms with van der Waals surface area (Å²) in [6, 6.07) is 6.80. The Morgan fingerprint density at radius 2 is 2.15 bits per heavy atom. The van der Waals surface area contributed by atoms with Gasteiger partial charge in [-0.1, -0.05) is 6.07 Å². The van der Waals surface area contributed by atoms with Crippen molar-refractivity contribution in [3.05, 3.63) is 29.8 Å². The second-order valence-electron chi connectivity index (χ2n) is 5.23. The molecule has 1 unspecified atom stereocenters. The highest BCUT2D eigenvalue weighted by molar-refractivity contribution is 5.98. The summed E-state index contributed by atoms with van der Waals surface area (Å²) in [5, 5.41) is 14.4. The highest BCUT2D eigenvalue weighted by Crippen LogP contribution is 2.30. The van der Waals surface area contributed by atoms with E-state index in [1.165, 1.54) is 0 Å². The van der Waals surface area contributed by atoms with Crippen LogP contribution in [0.1, 0.15) is 36.5 Å². The lowest BCUT2D eigenvalue weighted by Gasteiger charge is -2.13. The van der Waals surface area contributed by atoms with Crippen molar-refractivity contribution in [1.82, 2.24) is 5.32 Å². The van der Waals surface area contributed by atoms with Crippen LogP contribution >= 0.6 is 0 Å². The van der Waals surface area contributed by atoms with Crippen LogP contribution in [0, 0.1) is 5.92 Å². The first-order valence-corrected chi connectivity index (χ1v) is 6.93. The lowest BCUT2D eigenvalue weighted by molar-refractivity contribution is -0.117. The quantitative estimate of drug-likeness (QED) is 0.737. The van der Waals surface area contributed by atoms with Crippen molar-refractivity contribution in [2.24, 2.45) is 5.92 Å². The van der Waals surface area contributed by atoms with Gasteiger partial charge in [0.15, 0.2) is 0 Å². The molecular weight excluding hydrogens is 256 g/mol. The Bertz CT molecular complexity index is 498. The van der Waals surface area contributed by atoms with Gasteiger partial charge < -0.3 is 15.7 Å². The van der Waals surface area contributed by atoms with Crippen molar-refractivity contribution in [2.75, 3.05) is 11.9 Å². The molecule has 1 aromatic rings. The van der Waals surface area contributed by atoms with Gasteiger partial charge in [-0.2, -0.15) is 0 Å². The second-order valence-corrected chi connectivity index (χ2v) is 5.23. The first kappa shape index (κ1) is 14.5. The van der Waals surface area contributed by atoms with E-state index in [9.17, 15) is 9.59 Å². The number of aliphatic hydroxyl groups is 1. The number of amides is 2. The maximum absolute atomic E-state index is 12.0. The normalized spacial score (nSPS) is 15.5. The predicted octanol–water partition coefficient (Wildman–Crippen LogP) is 1.54. The molecule has 0 radical (unpaired) electrons. The third-order valence-corrected chi connectivity index (χ3v) is 3.28. The maximum atomic E-state index is 12.0. The maximum Gasteiger partial charge on any atom is 0.251 e. The van der Waals surface area contributed by atoms with E-state index in [0.717, 1.165) is 12.8 Å². The molecule has 5 heteroatoms. The van der Waals surface area contributed by atoms with E-state index in [1.807, 2.05) is 6.92 Å². The molecule has 1 aliphatic rings. The fourth-order valence-corrected chi connectivity index (χ4v) is 1.90. The summed E-state index contributed by atoms with van der Waals surface area (Å²) < 4.78 is 0. The average Bonchev–Trinajstić information content (AvgIpc) is 3.23. The first-order valence-electron chi connectivity index (χ1n) is 6.93. The van der Waals surface area contributed by atoms with Gasteiger partial charge >= 0.3 is 0 Å². The Morgan fingerprint density at radius 1 is 1.40 bits per heavy atom. The Labute approximate surface area is 118 Å². The molecule has 5 nitrogen and oxygen atoms in total. The molecule has 3 N–H and O–H groups in total. The van der Waals surface area contributed by atoms with Gasteiger partial charge in [0.05, 0.1) is 0 Å². The zero-order valence-electron chi connectivity index (χ0n) is 11.6. The summed E-state index contributed by atoms with van der Waals surface area (Å²) in [6.45, 7) is 1.88. The molecule has 0 spiro atoms. The molecule has 1 aliphatic carbocycles. The molecule has 20 heavy (non-hydrogen) atoms. The summed E-state index contributed by atoms with van der Waals surface area (Å²) in [4.78, 5) is 23.7. The van der Waals surface area contributed by atoms with Gasteiger partial charge in [0.25, 0.3) is 5.91 Å². The van der Waals surface area contributed by atoms with Crippen molar-refractivity contribution >= 4 is 17.5 Å². The van der Waals surface area contributed by atoms with Gasteiger partial charge in [0, 0.05) is 29.8 Å². The lowest BCUT2D eigenvalue weighted by atomic mass is 10.1. The minimum atomic E-state index is -0.200. The van der Waals surface area contributed by atoms with Crippen molar-refractivity contribution < 1.29 is 14.7 Å². The van der Waals surface area contributed by atoms with E-state index in [4.69, 9.17) is 5.11 Å². The molecule has 1 fully saturated rings. The summed E-state index contributed by atoms with van der Waals surface area (Å²) >= 11 is 0. The van der Waals surface area contributed by atoms with Crippen LogP contribution in [0.25, 0.3) is 0 Å². The lowest BCUT2D eigenvalue weighted by Crippen LogP contribution is -2.33. The molecule has 0 bridgehead atoms. The van der Waals surface area contributed by atoms with Crippen LogP contribution in [0.15, 0.2) is 24.3 Å². The fourth-order valence-electron chi connectivity index (χ4n) is 1.90. The number of rotatable bonds is 6. The van der Waals surface area contributed by atoms with E-state index in [1.54, 1.807) is 24.3 Å². The molecule has 1 atom stereocenters. The number of hydrogen-bond donors (Lipinski definition) is 3. The van der Waals surface area contributed by atoms with E-state index in [0.29, 0.717) is 17.7 Å². The van der Waals surface area contributed by atoms with Crippen LogP contribution in [-0.2, 0) is 4.79 Å². The molecule has 0 aromatic heterocycles. The van der Waals surface area contributed by atoms with Crippen LogP contribution < -0.4 is 10.6 Å². The van der Waals surface area contributed by atoms with Crippen molar-refractivity contribution in [2.45, 2.75) is 32.2 Å². The summed E-state index contributed by atoms with van der Waals surface area (Å²) in [5.41, 5.74) is 1.15. The number of anilines is 1. The number of carbonyl (C=O) groups excluding carboxylic acids is 2. The molecule has 1 saturated carbocycles. The zero-order valence-corrected chi connectivity index (χ0v) is 11.6. The van der Waals surface area contributed by atoms with E-state index < -0.39 is 0 Å². The number of benzene rings is 1. The summed E-state index contributed by atoms with van der Waals surface area (Å²) in [6.07, 6.45) is 2.42. The number of hydrogen-bond acceptors (Lipinski definition) is 3. The standard InChI is InChI=1S/C15H20N2O3/c1-10(7-8-18)16-15(20)12-3-2-4-13(9-12)17-14(19)11-5-6-11/h2-4,9-11,18H,5-8H2,1H3,(H,16,20)(H,17,19). The Balaban J connectivity index is 1.97. The van der Waals surface area contributed by atoms with Gasteiger partial charge in [0.2, 0.25) is 5.91 Å². The molecule has 0 aliphatic heterocycles. The molecule has 0 heterocycles. The van der Waals surface area contributed by atoms with Gasteiger partial charge in [-0.15, -0.1) is 0 Å². The van der Waals surface area contributed by atoms with E-state index >= 15 is 0 Å². The van der Waals surface area contributed by atoms with E-state index in [2.05, 4.69) is 10.6 Å². The molecular formula is C15H20N2O3. The van der Waals surface area contributed by atoms with Crippen LogP contribution in [-0.4, -0.2) is 29.6 Å². The number of nitrogens with one attached hydrogen (secondary N) is 2. The minimum Gasteiger partial charge on any atom is -0.396 e. The van der Waals surface area contributed by atoms with Crippen LogP contribution in [0.2, 0.25) is 0 Å². The van der Waals surface area contributed by atoms with Gasteiger partial charge in [-0.05, 0) is 44.4 Å². The van der Waals surface area contributed by atoms with Crippen LogP contribution in [0.3, 0.4) is 0 Å². The Kier molecular flexibility index (Phi) is 4.74. The van der Waals surface area contributed by atoms with Gasteiger partial charge in [0.1, 0.15) is 0 Å². The highest BCUT2D eigenvalue weighted by Gasteiger charge is 2.29. The van der Waals surface area contributed by atoms with Crippen LogP contribution in [0.4, 0.5) is 5.69 Å². The van der Waals surface area contributed by atoms with Gasteiger partial charge in [-0.25, -0.2) is 0 Å². The van der Waals surface area contributed by atoms with Crippen molar-refractivity contribution in [3.8, 4) is 0 Å². The number of aliphatic hydroxyl groups excluding tert-OH is 1. The smallest absolute Gasteiger partial charge is 0.251 e.